The summed E-state index contributed by atoms with van der Waals surface area (Å²) in [7, 11) is 0. The summed E-state index contributed by atoms with van der Waals surface area (Å²) in [5.74, 6) is 1.50. The predicted octanol–water partition coefficient (Wildman–Crippen LogP) is 0.605. The minimum atomic E-state index is 0.529. The molecule has 1 aliphatic heterocycles. The minimum Gasteiger partial charge on any atom is -0.303 e. The van der Waals surface area contributed by atoms with Crippen molar-refractivity contribution >= 4 is 5.84 Å². The molecule has 1 heterocycles. The summed E-state index contributed by atoms with van der Waals surface area (Å²) >= 11 is 0. The fraction of sp³-hybridized carbons (Fsp3) is 0.571. The molecule has 48 valence electrons. The summed E-state index contributed by atoms with van der Waals surface area (Å²) in [5.41, 5.74) is 0. The van der Waals surface area contributed by atoms with Gasteiger partial charge in [-0.1, -0.05) is 13.3 Å². The van der Waals surface area contributed by atoms with Gasteiger partial charge in [-0.05, 0) is 6.42 Å². The van der Waals surface area contributed by atoms with E-state index < -0.39 is 0 Å². The summed E-state index contributed by atoms with van der Waals surface area (Å²) in [6.45, 7) is 3.04. The number of amidine groups is 1. The van der Waals surface area contributed by atoms with Crippen LogP contribution in [0.1, 0.15) is 13.3 Å². The molecule has 1 aliphatic rings. The molecule has 0 saturated carbocycles. The Morgan fingerprint density at radius 2 is 2.67 bits per heavy atom. The molecule has 0 radical (unpaired) electrons. The van der Waals surface area contributed by atoms with Gasteiger partial charge in [-0.3, -0.25) is 4.99 Å². The molecule has 0 spiro atoms. The van der Waals surface area contributed by atoms with E-state index in [2.05, 4.69) is 23.3 Å². The lowest BCUT2D eigenvalue weighted by molar-refractivity contribution is 0.741. The van der Waals surface area contributed by atoms with Gasteiger partial charge in [0.2, 0.25) is 0 Å². The number of nitrogens with one attached hydrogen (secondary N) is 1. The first-order valence-corrected chi connectivity index (χ1v) is 3.10. The summed E-state index contributed by atoms with van der Waals surface area (Å²) in [4.78, 5) is 4.17. The van der Waals surface area contributed by atoms with E-state index in [1.54, 1.807) is 0 Å². The van der Waals surface area contributed by atoms with E-state index in [0.717, 1.165) is 18.8 Å². The van der Waals surface area contributed by atoms with Crippen LogP contribution in [-0.4, -0.2) is 12.4 Å². The highest BCUT2D eigenvalue weighted by Crippen LogP contribution is 2.09. The van der Waals surface area contributed by atoms with Gasteiger partial charge in [0, 0.05) is 18.5 Å². The first kappa shape index (κ1) is 6.15. The molecule has 9 heavy (non-hydrogen) atoms. The molecule has 0 aromatic heterocycles. The lowest BCUT2D eigenvalue weighted by atomic mass is 10.1. The fourth-order valence-corrected chi connectivity index (χ4v) is 0.908. The van der Waals surface area contributed by atoms with Crippen LogP contribution < -0.4 is 5.32 Å². The van der Waals surface area contributed by atoms with Crippen molar-refractivity contribution in [2.24, 2.45) is 10.9 Å². The van der Waals surface area contributed by atoms with Crippen LogP contribution >= 0.6 is 0 Å². The molecular weight excluding hydrogens is 112 g/mol. The second kappa shape index (κ2) is 2.54. The van der Waals surface area contributed by atoms with Crippen molar-refractivity contribution in [3.05, 3.63) is 0 Å². The highest BCUT2D eigenvalue weighted by molar-refractivity contribution is 5.87. The van der Waals surface area contributed by atoms with Crippen LogP contribution in [0.15, 0.2) is 4.99 Å². The molecule has 1 rings (SSSR count). The first-order valence-electron chi connectivity index (χ1n) is 3.10. The van der Waals surface area contributed by atoms with E-state index in [-0.39, 0.29) is 0 Å². The summed E-state index contributed by atoms with van der Waals surface area (Å²) in [6.07, 6.45) is 6.16. The standard InChI is InChI=1S/C7H10N2/c1-3-8-7-6(2)4-5-9-7/h1,6H,4-5H2,2H3,(H,8,9). The van der Waals surface area contributed by atoms with Crippen molar-refractivity contribution in [3.63, 3.8) is 0 Å². The smallest absolute Gasteiger partial charge is 0.111 e. The third-order valence-corrected chi connectivity index (χ3v) is 1.51. The van der Waals surface area contributed by atoms with Crippen molar-refractivity contribution in [2.45, 2.75) is 13.3 Å². The zero-order valence-electron chi connectivity index (χ0n) is 5.52. The Labute approximate surface area is 55.4 Å². The number of rotatable bonds is 0. The molecule has 1 unspecified atom stereocenters. The molecular formula is C7H10N2. The van der Waals surface area contributed by atoms with E-state index in [4.69, 9.17) is 6.42 Å². The SMILES string of the molecule is C#CNC1=NCCC1C. The molecule has 0 aliphatic carbocycles. The predicted molar refractivity (Wildman–Crippen MR) is 38.1 cm³/mol. The number of hydrogen-bond acceptors (Lipinski definition) is 2. The van der Waals surface area contributed by atoms with E-state index in [1.807, 2.05) is 0 Å². The normalized spacial score (nSPS) is 24.9. The van der Waals surface area contributed by atoms with E-state index >= 15 is 0 Å². The Bertz CT molecular complexity index is 164. The van der Waals surface area contributed by atoms with Crippen LogP contribution in [0.2, 0.25) is 0 Å². The quantitative estimate of drug-likeness (QED) is 0.369. The number of aliphatic imine (C=N–C) groups is 1. The monoisotopic (exact) mass is 122 g/mol. The molecule has 1 atom stereocenters. The molecule has 0 saturated heterocycles. The molecule has 2 heteroatoms. The van der Waals surface area contributed by atoms with Crippen LogP contribution in [0.4, 0.5) is 0 Å². The maximum absolute atomic E-state index is 5.03. The van der Waals surface area contributed by atoms with Gasteiger partial charge in [-0.25, -0.2) is 0 Å². The van der Waals surface area contributed by atoms with Gasteiger partial charge in [0.15, 0.2) is 0 Å². The van der Waals surface area contributed by atoms with Gasteiger partial charge in [0.1, 0.15) is 5.84 Å². The zero-order chi connectivity index (χ0) is 6.69. The van der Waals surface area contributed by atoms with Crippen LogP contribution in [0, 0.1) is 18.4 Å². The van der Waals surface area contributed by atoms with Crippen molar-refractivity contribution in [2.75, 3.05) is 6.54 Å². The Kier molecular flexibility index (Phi) is 1.74. The Hall–Kier alpha value is -0.970. The lowest BCUT2D eigenvalue weighted by Crippen LogP contribution is -2.21. The van der Waals surface area contributed by atoms with Crippen molar-refractivity contribution in [1.82, 2.24) is 5.32 Å². The number of nitrogens with zero attached hydrogens (tertiary/aromatic N) is 1. The van der Waals surface area contributed by atoms with Crippen LogP contribution in [-0.2, 0) is 0 Å². The van der Waals surface area contributed by atoms with Crippen molar-refractivity contribution < 1.29 is 0 Å². The zero-order valence-corrected chi connectivity index (χ0v) is 5.52. The maximum atomic E-state index is 5.03. The highest BCUT2D eigenvalue weighted by atomic mass is 15.0. The van der Waals surface area contributed by atoms with Crippen molar-refractivity contribution in [3.8, 4) is 12.5 Å². The van der Waals surface area contributed by atoms with Gasteiger partial charge in [0.05, 0.1) is 0 Å². The van der Waals surface area contributed by atoms with Gasteiger partial charge < -0.3 is 5.32 Å². The molecule has 0 aromatic rings. The third kappa shape index (κ3) is 1.23. The molecule has 0 fully saturated rings. The van der Waals surface area contributed by atoms with Crippen LogP contribution in [0.5, 0.6) is 0 Å². The lowest BCUT2D eigenvalue weighted by Gasteiger charge is -2.02. The second-order valence-corrected chi connectivity index (χ2v) is 2.23. The average molecular weight is 122 g/mol. The van der Waals surface area contributed by atoms with Gasteiger partial charge in [-0.15, -0.1) is 0 Å². The number of hydrogen-bond donors (Lipinski definition) is 1. The molecule has 1 N–H and O–H groups in total. The molecule has 2 nitrogen and oxygen atoms in total. The third-order valence-electron chi connectivity index (χ3n) is 1.51. The highest BCUT2D eigenvalue weighted by Gasteiger charge is 2.13. The van der Waals surface area contributed by atoms with Crippen molar-refractivity contribution in [1.29, 1.82) is 0 Å². The van der Waals surface area contributed by atoms with Crippen LogP contribution in [0.25, 0.3) is 0 Å². The Morgan fingerprint density at radius 3 is 3.11 bits per heavy atom. The molecule has 0 aromatic carbocycles. The van der Waals surface area contributed by atoms with E-state index in [0.29, 0.717) is 5.92 Å². The second-order valence-electron chi connectivity index (χ2n) is 2.23. The van der Waals surface area contributed by atoms with Gasteiger partial charge in [0.25, 0.3) is 0 Å². The Balaban J connectivity index is 2.50. The first-order chi connectivity index (χ1) is 4.34. The summed E-state index contributed by atoms with van der Waals surface area (Å²) in [6, 6.07) is 2.36. The van der Waals surface area contributed by atoms with E-state index in [1.165, 1.54) is 0 Å². The Morgan fingerprint density at radius 1 is 1.89 bits per heavy atom. The minimum absolute atomic E-state index is 0.529. The van der Waals surface area contributed by atoms with Crippen LogP contribution in [0.3, 0.4) is 0 Å². The largest absolute Gasteiger partial charge is 0.303 e. The topological polar surface area (TPSA) is 24.4 Å². The molecule has 0 amide bonds. The van der Waals surface area contributed by atoms with E-state index in [9.17, 15) is 0 Å². The summed E-state index contributed by atoms with van der Waals surface area (Å²) < 4.78 is 0. The number of terminal acetylenes is 1. The fourth-order valence-electron chi connectivity index (χ4n) is 0.908. The summed E-state index contributed by atoms with van der Waals surface area (Å²) in [5, 5.41) is 2.77. The van der Waals surface area contributed by atoms with Gasteiger partial charge >= 0.3 is 0 Å². The maximum Gasteiger partial charge on any atom is 0.111 e. The van der Waals surface area contributed by atoms with Gasteiger partial charge in [-0.2, -0.15) is 0 Å². The molecule has 0 bridgehead atoms. The average Bonchev–Trinajstić information content (AvgIpc) is 2.18.